The molecule has 0 atom stereocenters. The minimum absolute atomic E-state index is 0.176. The third-order valence-corrected chi connectivity index (χ3v) is 13.7. The molecule has 3 nitrogen and oxygen atoms in total. The van der Waals surface area contributed by atoms with Gasteiger partial charge in [-0.05, 0) is 103 Å². The van der Waals surface area contributed by atoms with E-state index in [9.17, 15) is 0 Å². The van der Waals surface area contributed by atoms with E-state index in [-0.39, 0.29) is 5.41 Å². The van der Waals surface area contributed by atoms with Crippen molar-refractivity contribution < 1.29 is 8.83 Å². The Bertz CT molecular complexity index is 3830. The molecule has 12 aromatic rings. The molecule has 0 bridgehead atoms. The van der Waals surface area contributed by atoms with Gasteiger partial charge in [-0.3, -0.25) is 0 Å². The highest BCUT2D eigenvalue weighted by molar-refractivity contribution is 6.22. The van der Waals surface area contributed by atoms with Crippen LogP contribution in [0.15, 0.2) is 221 Å². The molecular weight excluding hydrogens is 779 g/mol. The lowest BCUT2D eigenvalue weighted by Crippen LogP contribution is -2.17. The summed E-state index contributed by atoms with van der Waals surface area (Å²) in [4.78, 5) is 2.43. The Labute approximate surface area is 371 Å². The minimum Gasteiger partial charge on any atom is -0.456 e. The number of para-hydroxylation sites is 3. The molecule has 2 heterocycles. The number of anilines is 3. The second-order valence-corrected chi connectivity index (χ2v) is 17.5. The summed E-state index contributed by atoms with van der Waals surface area (Å²) in [6.45, 7) is 4.70. The molecule has 1 aliphatic carbocycles. The van der Waals surface area contributed by atoms with E-state index in [0.717, 1.165) is 94.3 Å². The minimum atomic E-state index is -0.176. The molecule has 0 aliphatic heterocycles. The molecule has 0 fully saturated rings. The molecule has 0 N–H and O–H groups in total. The van der Waals surface area contributed by atoms with Gasteiger partial charge in [0, 0.05) is 38.2 Å². The van der Waals surface area contributed by atoms with Gasteiger partial charge in [0.2, 0.25) is 0 Å². The average Bonchev–Trinajstić information content (AvgIpc) is 4.00. The largest absolute Gasteiger partial charge is 0.456 e. The highest BCUT2D eigenvalue weighted by Crippen LogP contribution is 2.53. The smallest absolute Gasteiger partial charge is 0.160 e. The lowest BCUT2D eigenvalue weighted by molar-refractivity contribution is 0.660. The summed E-state index contributed by atoms with van der Waals surface area (Å²) in [5, 5.41) is 6.76. The van der Waals surface area contributed by atoms with Gasteiger partial charge < -0.3 is 13.7 Å². The molecular formula is C61H41NO2. The predicted molar refractivity (Wildman–Crippen MR) is 267 cm³/mol. The van der Waals surface area contributed by atoms with Crippen LogP contribution < -0.4 is 4.90 Å². The zero-order valence-electron chi connectivity index (χ0n) is 35.5. The van der Waals surface area contributed by atoms with Gasteiger partial charge in [0.1, 0.15) is 16.7 Å². The third-order valence-electron chi connectivity index (χ3n) is 13.7. The number of fused-ring (bicyclic) bond motifs is 10. The number of rotatable bonds is 6. The molecule has 302 valence electrons. The second kappa shape index (κ2) is 13.9. The van der Waals surface area contributed by atoms with Crippen LogP contribution in [0.25, 0.3) is 99.2 Å². The van der Waals surface area contributed by atoms with Gasteiger partial charge in [-0.2, -0.15) is 0 Å². The van der Waals surface area contributed by atoms with Crippen LogP contribution in [0.2, 0.25) is 0 Å². The van der Waals surface area contributed by atoms with Gasteiger partial charge in [-0.1, -0.05) is 184 Å². The van der Waals surface area contributed by atoms with Crippen LogP contribution in [0, 0.1) is 0 Å². The van der Waals surface area contributed by atoms with Crippen LogP contribution in [-0.2, 0) is 5.41 Å². The number of benzene rings is 10. The summed E-state index contributed by atoms with van der Waals surface area (Å²) in [5.74, 6) is 0. The highest BCUT2D eigenvalue weighted by atomic mass is 16.3. The number of hydrogen-bond donors (Lipinski definition) is 0. The van der Waals surface area contributed by atoms with E-state index in [2.05, 4.69) is 225 Å². The first-order chi connectivity index (χ1) is 31.5. The summed E-state index contributed by atoms with van der Waals surface area (Å²) < 4.78 is 13.6. The standard InChI is InChI=1S/C61H41NO2/c1-61(2)50-28-10-6-22-42(50)43-34-33-40(37-51(43)61)62(52-29-11-7-21-41(52)38-17-4-3-5-18-38)53-36-35-47(59-49-24-9-13-31-55(49)64-60(53)59)45-26-15-20-39-19-14-25-44(57(39)45)46-27-16-32-56-58(46)48-23-8-12-30-54(48)63-56/h3-37H,1-2H3. The van der Waals surface area contributed by atoms with Crippen molar-refractivity contribution in [2.45, 2.75) is 19.3 Å². The normalized spacial score (nSPS) is 13.0. The number of furan rings is 2. The van der Waals surface area contributed by atoms with Crippen LogP contribution >= 0.6 is 0 Å². The Morgan fingerprint density at radius 1 is 0.359 bits per heavy atom. The van der Waals surface area contributed by atoms with Crippen LogP contribution in [-0.4, -0.2) is 0 Å². The average molecular weight is 820 g/mol. The molecule has 64 heavy (non-hydrogen) atoms. The molecule has 3 heteroatoms. The highest BCUT2D eigenvalue weighted by Gasteiger charge is 2.36. The van der Waals surface area contributed by atoms with Gasteiger partial charge in [0.05, 0.1) is 11.4 Å². The van der Waals surface area contributed by atoms with E-state index < -0.39 is 0 Å². The van der Waals surface area contributed by atoms with Gasteiger partial charge >= 0.3 is 0 Å². The summed E-state index contributed by atoms with van der Waals surface area (Å²) in [5.41, 5.74) is 18.5. The Morgan fingerprint density at radius 2 is 0.906 bits per heavy atom. The predicted octanol–water partition coefficient (Wildman–Crippen LogP) is 17.4. The Hall–Kier alpha value is -8.14. The van der Waals surface area contributed by atoms with E-state index in [4.69, 9.17) is 8.83 Å². The molecule has 0 saturated carbocycles. The van der Waals surface area contributed by atoms with Crippen molar-refractivity contribution in [2.75, 3.05) is 4.90 Å². The quantitative estimate of drug-likeness (QED) is 0.167. The maximum atomic E-state index is 7.17. The van der Waals surface area contributed by atoms with E-state index in [1.807, 2.05) is 6.07 Å². The Kier molecular flexibility index (Phi) is 7.95. The second-order valence-electron chi connectivity index (χ2n) is 17.5. The maximum absolute atomic E-state index is 7.17. The Balaban J connectivity index is 1.09. The molecule has 2 aromatic heterocycles. The first-order valence-electron chi connectivity index (χ1n) is 22.1. The molecule has 1 aliphatic rings. The van der Waals surface area contributed by atoms with Crippen LogP contribution in [0.1, 0.15) is 25.0 Å². The summed E-state index contributed by atoms with van der Waals surface area (Å²) in [6, 6.07) is 76.6. The molecule has 0 radical (unpaired) electrons. The monoisotopic (exact) mass is 819 g/mol. The van der Waals surface area contributed by atoms with Crippen molar-refractivity contribution >= 4 is 71.7 Å². The van der Waals surface area contributed by atoms with Crippen molar-refractivity contribution in [3.05, 3.63) is 223 Å². The van der Waals surface area contributed by atoms with Crippen molar-refractivity contribution in [3.8, 4) is 44.5 Å². The zero-order chi connectivity index (χ0) is 42.5. The van der Waals surface area contributed by atoms with Crippen LogP contribution in [0.3, 0.4) is 0 Å². The fourth-order valence-corrected chi connectivity index (χ4v) is 10.8. The molecule has 13 rings (SSSR count). The molecule has 0 saturated heterocycles. The van der Waals surface area contributed by atoms with Crippen molar-refractivity contribution in [2.24, 2.45) is 0 Å². The molecule has 0 amide bonds. The van der Waals surface area contributed by atoms with Crippen LogP contribution in [0.5, 0.6) is 0 Å². The SMILES string of the molecule is CC1(C)c2ccccc2-c2ccc(N(c3ccccc3-c3ccccc3)c3ccc(-c4cccc5cccc(-c6cccc7oc8ccccc8c67)c45)c4c3oc3ccccc34)cc21. The number of hydrogen-bond acceptors (Lipinski definition) is 3. The van der Waals surface area contributed by atoms with Gasteiger partial charge in [-0.15, -0.1) is 0 Å². The van der Waals surface area contributed by atoms with Gasteiger partial charge in [0.15, 0.2) is 5.58 Å². The Morgan fingerprint density at radius 3 is 1.69 bits per heavy atom. The molecule has 0 unspecified atom stereocenters. The summed E-state index contributed by atoms with van der Waals surface area (Å²) >= 11 is 0. The van der Waals surface area contributed by atoms with Gasteiger partial charge in [-0.25, -0.2) is 0 Å². The van der Waals surface area contributed by atoms with Crippen molar-refractivity contribution in [1.82, 2.24) is 0 Å². The fraction of sp³-hybridized carbons (Fsp3) is 0.0492. The summed E-state index contributed by atoms with van der Waals surface area (Å²) in [6.07, 6.45) is 0. The third kappa shape index (κ3) is 5.34. The van der Waals surface area contributed by atoms with Crippen LogP contribution in [0.4, 0.5) is 17.1 Å². The van der Waals surface area contributed by atoms with E-state index >= 15 is 0 Å². The topological polar surface area (TPSA) is 29.5 Å². The maximum Gasteiger partial charge on any atom is 0.160 e. The van der Waals surface area contributed by atoms with E-state index in [1.165, 1.54) is 33.0 Å². The van der Waals surface area contributed by atoms with Gasteiger partial charge in [0.25, 0.3) is 0 Å². The zero-order valence-corrected chi connectivity index (χ0v) is 35.5. The molecule has 10 aromatic carbocycles. The first-order valence-corrected chi connectivity index (χ1v) is 22.1. The van der Waals surface area contributed by atoms with E-state index in [0.29, 0.717) is 0 Å². The number of nitrogens with zero attached hydrogens (tertiary/aromatic N) is 1. The van der Waals surface area contributed by atoms with E-state index in [1.54, 1.807) is 0 Å². The first kappa shape index (κ1) is 36.5. The fourth-order valence-electron chi connectivity index (χ4n) is 10.8. The molecule has 0 spiro atoms. The lowest BCUT2D eigenvalue weighted by atomic mass is 9.82. The lowest BCUT2D eigenvalue weighted by Gasteiger charge is -2.30. The van der Waals surface area contributed by atoms with Crippen molar-refractivity contribution in [3.63, 3.8) is 0 Å². The summed E-state index contributed by atoms with van der Waals surface area (Å²) in [7, 11) is 0. The van der Waals surface area contributed by atoms with Crippen molar-refractivity contribution in [1.29, 1.82) is 0 Å².